The number of nitrogens with one attached hydrogen (secondary N) is 2. The lowest BCUT2D eigenvalue weighted by Crippen LogP contribution is -2.59. The summed E-state index contributed by atoms with van der Waals surface area (Å²) in [6.45, 7) is 5.39. The standard InChI is InChI=1S/C9H14N4/c1-2-12-13-7-9(5-11-6-9)4-10-3-8(1)13/h1-2,10-11H,3-7H2. The van der Waals surface area contributed by atoms with Crippen molar-refractivity contribution in [3.8, 4) is 0 Å². The quantitative estimate of drug-likeness (QED) is 0.567. The maximum atomic E-state index is 4.34. The van der Waals surface area contributed by atoms with E-state index in [4.69, 9.17) is 0 Å². The molecule has 4 heteroatoms. The minimum Gasteiger partial charge on any atom is -0.315 e. The Bertz CT molecular complexity index is 313. The highest BCUT2D eigenvalue weighted by atomic mass is 15.3. The van der Waals surface area contributed by atoms with Crippen molar-refractivity contribution in [3.05, 3.63) is 18.0 Å². The molecule has 0 aliphatic carbocycles. The van der Waals surface area contributed by atoms with E-state index in [0.29, 0.717) is 5.41 Å². The first-order valence-corrected chi connectivity index (χ1v) is 4.80. The SMILES string of the molecule is c1cc2n(n1)CC1(CNC2)CNC1. The van der Waals surface area contributed by atoms with Crippen molar-refractivity contribution in [2.75, 3.05) is 19.6 Å². The summed E-state index contributed by atoms with van der Waals surface area (Å²) in [5, 5.41) is 11.2. The third-order valence-corrected chi connectivity index (χ3v) is 3.10. The Labute approximate surface area is 77.3 Å². The van der Waals surface area contributed by atoms with Gasteiger partial charge in [0.05, 0.1) is 12.2 Å². The third kappa shape index (κ3) is 1.09. The van der Waals surface area contributed by atoms with Crippen LogP contribution in [0.15, 0.2) is 12.3 Å². The maximum Gasteiger partial charge on any atom is 0.0522 e. The fourth-order valence-corrected chi connectivity index (χ4v) is 2.20. The summed E-state index contributed by atoms with van der Waals surface area (Å²) in [4.78, 5) is 0. The fourth-order valence-electron chi connectivity index (χ4n) is 2.20. The summed E-state index contributed by atoms with van der Waals surface area (Å²) in [7, 11) is 0. The number of hydrogen-bond acceptors (Lipinski definition) is 3. The molecular weight excluding hydrogens is 164 g/mol. The predicted molar refractivity (Wildman–Crippen MR) is 49.2 cm³/mol. The molecule has 1 fully saturated rings. The molecule has 70 valence electrons. The number of hydrogen-bond donors (Lipinski definition) is 2. The molecule has 3 heterocycles. The Morgan fingerprint density at radius 3 is 2.92 bits per heavy atom. The predicted octanol–water partition coefficient (Wildman–Crippen LogP) is -0.424. The number of nitrogens with zero attached hydrogens (tertiary/aromatic N) is 2. The van der Waals surface area contributed by atoms with E-state index >= 15 is 0 Å². The molecule has 2 aliphatic rings. The zero-order valence-corrected chi connectivity index (χ0v) is 7.58. The first kappa shape index (κ1) is 7.53. The molecular formula is C9H14N4. The van der Waals surface area contributed by atoms with Crippen LogP contribution in [-0.2, 0) is 13.1 Å². The monoisotopic (exact) mass is 178 g/mol. The highest BCUT2D eigenvalue weighted by Crippen LogP contribution is 2.26. The second-order valence-electron chi connectivity index (χ2n) is 4.19. The van der Waals surface area contributed by atoms with Crippen LogP contribution in [0.4, 0.5) is 0 Å². The van der Waals surface area contributed by atoms with Gasteiger partial charge in [-0.15, -0.1) is 0 Å². The molecule has 3 rings (SSSR count). The molecule has 1 aromatic heterocycles. The molecule has 1 spiro atoms. The molecule has 1 saturated heterocycles. The average molecular weight is 178 g/mol. The topological polar surface area (TPSA) is 41.9 Å². The van der Waals surface area contributed by atoms with Gasteiger partial charge in [0.2, 0.25) is 0 Å². The normalized spacial score (nSPS) is 24.9. The lowest BCUT2D eigenvalue weighted by molar-refractivity contribution is 0.137. The number of fused-ring (bicyclic) bond motifs is 1. The van der Waals surface area contributed by atoms with Crippen LogP contribution in [0.5, 0.6) is 0 Å². The molecule has 0 atom stereocenters. The summed E-state index contributed by atoms with van der Waals surface area (Å²) in [6, 6.07) is 2.10. The van der Waals surface area contributed by atoms with Gasteiger partial charge in [-0.25, -0.2) is 0 Å². The molecule has 0 unspecified atom stereocenters. The maximum absolute atomic E-state index is 4.34. The Balaban J connectivity index is 1.92. The van der Waals surface area contributed by atoms with Crippen LogP contribution in [0.3, 0.4) is 0 Å². The van der Waals surface area contributed by atoms with E-state index < -0.39 is 0 Å². The van der Waals surface area contributed by atoms with Gasteiger partial charge in [0.25, 0.3) is 0 Å². The van der Waals surface area contributed by atoms with E-state index in [9.17, 15) is 0 Å². The first-order chi connectivity index (χ1) is 6.38. The van der Waals surface area contributed by atoms with Gasteiger partial charge in [-0.05, 0) is 6.07 Å². The van der Waals surface area contributed by atoms with E-state index in [1.165, 1.54) is 5.69 Å². The Morgan fingerprint density at radius 1 is 1.31 bits per heavy atom. The summed E-state index contributed by atoms with van der Waals surface area (Å²) in [5.41, 5.74) is 1.74. The van der Waals surface area contributed by atoms with E-state index in [-0.39, 0.29) is 0 Å². The highest BCUT2D eigenvalue weighted by Gasteiger charge is 2.38. The largest absolute Gasteiger partial charge is 0.315 e. The zero-order valence-electron chi connectivity index (χ0n) is 7.58. The van der Waals surface area contributed by atoms with Gasteiger partial charge in [0, 0.05) is 37.8 Å². The zero-order chi connectivity index (χ0) is 8.73. The van der Waals surface area contributed by atoms with Crippen molar-refractivity contribution in [1.29, 1.82) is 0 Å². The Kier molecular flexibility index (Phi) is 1.48. The molecule has 13 heavy (non-hydrogen) atoms. The minimum atomic E-state index is 0.428. The first-order valence-electron chi connectivity index (χ1n) is 4.80. The molecule has 0 bridgehead atoms. The third-order valence-electron chi connectivity index (χ3n) is 3.10. The summed E-state index contributed by atoms with van der Waals surface area (Å²) in [5.74, 6) is 0. The molecule has 1 aromatic rings. The Hall–Kier alpha value is -0.870. The fraction of sp³-hybridized carbons (Fsp3) is 0.667. The van der Waals surface area contributed by atoms with Crippen LogP contribution in [0, 0.1) is 5.41 Å². The van der Waals surface area contributed by atoms with Gasteiger partial charge in [0.1, 0.15) is 0 Å². The molecule has 0 radical (unpaired) electrons. The van der Waals surface area contributed by atoms with Crippen molar-refractivity contribution in [3.63, 3.8) is 0 Å². The second kappa shape index (κ2) is 2.56. The van der Waals surface area contributed by atoms with Gasteiger partial charge in [-0.3, -0.25) is 4.68 Å². The van der Waals surface area contributed by atoms with Crippen molar-refractivity contribution >= 4 is 0 Å². The average Bonchev–Trinajstić information content (AvgIpc) is 2.40. The molecule has 2 N–H and O–H groups in total. The van der Waals surface area contributed by atoms with Crippen molar-refractivity contribution < 1.29 is 0 Å². The molecule has 4 nitrogen and oxygen atoms in total. The summed E-state index contributed by atoms with van der Waals surface area (Å²) >= 11 is 0. The van der Waals surface area contributed by atoms with Crippen LogP contribution >= 0.6 is 0 Å². The smallest absolute Gasteiger partial charge is 0.0522 e. The van der Waals surface area contributed by atoms with Gasteiger partial charge < -0.3 is 10.6 Å². The van der Waals surface area contributed by atoms with E-state index in [1.54, 1.807) is 0 Å². The van der Waals surface area contributed by atoms with Crippen molar-refractivity contribution in [2.24, 2.45) is 5.41 Å². The van der Waals surface area contributed by atoms with Crippen LogP contribution in [0.2, 0.25) is 0 Å². The van der Waals surface area contributed by atoms with Crippen molar-refractivity contribution in [1.82, 2.24) is 20.4 Å². The van der Waals surface area contributed by atoms with Gasteiger partial charge >= 0.3 is 0 Å². The van der Waals surface area contributed by atoms with E-state index in [1.807, 2.05) is 6.20 Å². The second-order valence-corrected chi connectivity index (χ2v) is 4.19. The van der Waals surface area contributed by atoms with Gasteiger partial charge in [0.15, 0.2) is 0 Å². The lowest BCUT2D eigenvalue weighted by Gasteiger charge is -2.41. The molecule has 0 saturated carbocycles. The molecule has 0 amide bonds. The number of rotatable bonds is 0. The summed E-state index contributed by atoms with van der Waals surface area (Å²) < 4.78 is 2.14. The Morgan fingerprint density at radius 2 is 2.15 bits per heavy atom. The molecule has 0 aromatic carbocycles. The number of aromatic nitrogens is 2. The van der Waals surface area contributed by atoms with Crippen LogP contribution in [0.1, 0.15) is 5.69 Å². The van der Waals surface area contributed by atoms with Crippen molar-refractivity contribution in [2.45, 2.75) is 13.1 Å². The van der Waals surface area contributed by atoms with Crippen LogP contribution in [-0.4, -0.2) is 29.4 Å². The van der Waals surface area contributed by atoms with Gasteiger partial charge in [-0.1, -0.05) is 0 Å². The highest BCUT2D eigenvalue weighted by molar-refractivity contribution is 5.06. The van der Waals surface area contributed by atoms with Gasteiger partial charge in [-0.2, -0.15) is 5.10 Å². The lowest BCUT2D eigenvalue weighted by atomic mass is 9.82. The van der Waals surface area contributed by atoms with E-state index in [0.717, 1.165) is 32.7 Å². The van der Waals surface area contributed by atoms with E-state index in [2.05, 4.69) is 26.5 Å². The summed E-state index contributed by atoms with van der Waals surface area (Å²) in [6.07, 6.45) is 1.89. The van der Waals surface area contributed by atoms with Crippen LogP contribution in [0.25, 0.3) is 0 Å². The minimum absolute atomic E-state index is 0.428. The van der Waals surface area contributed by atoms with Crippen LogP contribution < -0.4 is 10.6 Å². The molecule has 2 aliphatic heterocycles.